The Morgan fingerprint density at radius 1 is 1.15 bits per heavy atom. The largest absolute Gasteiger partial charge is 0.504 e. The molecule has 0 saturated carbocycles. The number of hydrogen-bond donors (Lipinski definition) is 7. The molecule has 24 nitrogen and oxygen atoms in total. The Kier molecular flexibility index (Phi) is 13.1. The number of amides is 4. The summed E-state index contributed by atoms with van der Waals surface area (Å²) in [6.07, 6.45) is -0.115. The maximum absolute atomic E-state index is 13.6. The van der Waals surface area contributed by atoms with Crippen molar-refractivity contribution in [1.82, 2.24) is 40.1 Å². The molecule has 0 radical (unpaired) electrons. The van der Waals surface area contributed by atoms with Crippen LogP contribution >= 0.6 is 34.9 Å². The van der Waals surface area contributed by atoms with Crippen LogP contribution in [0.1, 0.15) is 34.8 Å². The number of nitrogens with zero attached hydrogens (tertiary/aromatic N) is 7. The smallest absolute Gasteiger partial charge is 0.352 e. The number of aliphatic carboxylic acids is 1. The number of anilines is 1. The van der Waals surface area contributed by atoms with Gasteiger partial charge in [-0.3, -0.25) is 24.1 Å². The third kappa shape index (κ3) is 9.67. The zero-order valence-corrected chi connectivity index (χ0v) is 34.9. The van der Waals surface area contributed by atoms with Crippen molar-refractivity contribution in [2.24, 2.45) is 16.6 Å². The molecule has 10 N–H and O–H groups in total. The Morgan fingerprint density at radius 3 is 2.54 bits per heavy atom. The summed E-state index contributed by atoms with van der Waals surface area (Å²) in [6, 6.07) is 2.31. The molecule has 0 aliphatic carbocycles. The van der Waals surface area contributed by atoms with Gasteiger partial charge in [0.15, 0.2) is 22.3 Å². The molecule has 5 heterocycles. The number of oxime groups is 1. The van der Waals surface area contributed by atoms with Gasteiger partial charge in [0.25, 0.3) is 23.5 Å². The normalized spacial score (nSPS) is 17.0. The van der Waals surface area contributed by atoms with Gasteiger partial charge in [0.2, 0.25) is 27.5 Å². The fraction of sp³-hybridized carbons (Fsp3) is 0.303. The number of sulfone groups is 1. The van der Waals surface area contributed by atoms with Crippen molar-refractivity contribution >= 4 is 96.9 Å². The first-order valence-electron chi connectivity index (χ1n) is 17.4. The number of ether oxygens (including phenoxy) is 1. The molecule has 1 saturated heterocycles. The summed E-state index contributed by atoms with van der Waals surface area (Å²) in [7, 11) is -2.94. The van der Waals surface area contributed by atoms with E-state index in [1.807, 2.05) is 0 Å². The number of phenolic OH excluding ortho intramolecular Hbond substituents is 1. The van der Waals surface area contributed by atoms with E-state index >= 15 is 0 Å². The van der Waals surface area contributed by atoms with Crippen molar-refractivity contribution in [1.29, 1.82) is 0 Å². The monoisotopic (exact) mass is 918 g/mol. The number of esters is 1. The van der Waals surface area contributed by atoms with Crippen molar-refractivity contribution in [2.45, 2.75) is 47.1 Å². The minimum atomic E-state index is -4.39. The number of thiazole rings is 1. The van der Waals surface area contributed by atoms with Crippen LogP contribution in [0.25, 0.3) is 5.78 Å². The second kappa shape index (κ2) is 18.1. The molecule has 3 atom stereocenters. The minimum absolute atomic E-state index is 0.00828. The molecule has 1 fully saturated rings. The number of aryl methyl sites for hydroxylation is 1. The van der Waals surface area contributed by atoms with Gasteiger partial charge in [-0.15, -0.1) is 40.0 Å². The average molecular weight is 919 g/mol. The second-order valence-electron chi connectivity index (χ2n) is 12.9. The number of thioether (sulfide) groups is 2. The number of phenols is 1. The average Bonchev–Trinajstić information content (AvgIpc) is 3.84. The Bertz CT molecular complexity index is 2650. The molecule has 322 valence electrons. The third-order valence-corrected chi connectivity index (χ3v) is 13.2. The van der Waals surface area contributed by atoms with E-state index in [0.717, 1.165) is 34.4 Å². The van der Waals surface area contributed by atoms with Gasteiger partial charge in [-0.2, -0.15) is 9.50 Å². The summed E-state index contributed by atoms with van der Waals surface area (Å²) in [4.78, 5) is 92.9. The van der Waals surface area contributed by atoms with E-state index in [1.54, 1.807) is 13.0 Å². The predicted octanol–water partition coefficient (Wildman–Crippen LogP) is -1.28. The molecular weight excluding hydrogens is 885 g/mol. The van der Waals surface area contributed by atoms with Crippen LogP contribution < -0.4 is 32.6 Å². The van der Waals surface area contributed by atoms with Gasteiger partial charge in [-0.1, -0.05) is 5.16 Å². The highest BCUT2D eigenvalue weighted by atomic mass is 32.2. The molecule has 0 spiro atoms. The lowest BCUT2D eigenvalue weighted by Gasteiger charge is -2.49. The molecule has 0 bridgehead atoms. The molecular formula is C33H34N12O12S4. The number of nitrogens with two attached hydrogens (primary N) is 3. The molecule has 61 heavy (non-hydrogen) atoms. The van der Waals surface area contributed by atoms with Crippen molar-refractivity contribution in [3.63, 3.8) is 0 Å². The fourth-order valence-electron chi connectivity index (χ4n) is 5.78. The number of nitrogen functional groups attached to an aromatic ring is 1. The summed E-state index contributed by atoms with van der Waals surface area (Å²) < 4.78 is 32.8. The van der Waals surface area contributed by atoms with Crippen LogP contribution in [0.2, 0.25) is 0 Å². The number of hydrogen-bond acceptors (Lipinski definition) is 21. The van der Waals surface area contributed by atoms with Crippen molar-refractivity contribution in [2.75, 3.05) is 30.2 Å². The summed E-state index contributed by atoms with van der Waals surface area (Å²) >= 11 is 3.28. The van der Waals surface area contributed by atoms with Crippen molar-refractivity contribution in [3.8, 4) is 11.5 Å². The molecule has 6 rings (SSSR count). The van der Waals surface area contributed by atoms with Gasteiger partial charge >= 0.3 is 11.9 Å². The number of aromatic nitrogens is 5. The number of β-lactam (4-membered cyclic amide) rings is 1. The summed E-state index contributed by atoms with van der Waals surface area (Å²) in [5.74, 6) is -7.70. The first-order chi connectivity index (χ1) is 28.9. The second-order valence-corrected chi connectivity index (χ2v) is 17.9. The van der Waals surface area contributed by atoms with Crippen LogP contribution in [-0.4, -0.2) is 131 Å². The Hall–Kier alpha value is -6.36. The quantitative estimate of drug-likeness (QED) is 0.0116. The molecule has 1 aromatic carbocycles. The molecule has 4 amide bonds. The number of likely N-dealkylation sites (N-methyl/N-ethyl adjacent to an activating group) is 1. The number of carboxylic acid groups (broad SMARTS) is 1. The van der Waals surface area contributed by atoms with Crippen LogP contribution in [0.3, 0.4) is 0 Å². The van der Waals surface area contributed by atoms with Gasteiger partial charge in [0.1, 0.15) is 33.9 Å². The van der Waals surface area contributed by atoms with E-state index in [-0.39, 0.29) is 58.2 Å². The van der Waals surface area contributed by atoms with Gasteiger partial charge in [-0.05, 0) is 44.2 Å². The maximum Gasteiger partial charge on any atom is 0.352 e. The molecule has 2 aliphatic rings. The highest BCUT2D eigenvalue weighted by Crippen LogP contribution is 2.42. The molecule has 4 aromatic rings. The van der Waals surface area contributed by atoms with E-state index < -0.39 is 85.2 Å². The molecule has 2 aliphatic heterocycles. The summed E-state index contributed by atoms with van der Waals surface area (Å²) in [5.41, 5.74) is 16.2. The van der Waals surface area contributed by atoms with Crippen molar-refractivity contribution < 1.29 is 57.0 Å². The lowest BCUT2D eigenvalue weighted by atomic mass is 10.0. The lowest BCUT2D eigenvalue weighted by Crippen LogP contribution is -2.71. The van der Waals surface area contributed by atoms with Gasteiger partial charge in [0, 0.05) is 35.1 Å². The van der Waals surface area contributed by atoms with Gasteiger partial charge in [-0.25, -0.2) is 28.0 Å². The highest BCUT2D eigenvalue weighted by Gasteiger charge is 2.54. The predicted molar refractivity (Wildman–Crippen MR) is 216 cm³/mol. The van der Waals surface area contributed by atoms with Gasteiger partial charge < -0.3 is 47.6 Å². The molecule has 28 heteroatoms. The van der Waals surface area contributed by atoms with Crippen LogP contribution in [0.15, 0.2) is 56.0 Å². The zero-order chi connectivity index (χ0) is 44.3. The number of aromatic hydroxyl groups is 1. The SMILES string of the molecule is CN[C@H](CCC(N)=O)C(=O)Oc1ccc(S(=O)(=O)CO/N=C(\C(=O)N[C@@H]2C(=O)N3C(C(=O)O)=C(CSc4cc(C)nc5nc(C(N)=O)nn45)CS[C@H]23)c2csc(N)n2)cc1O. The Morgan fingerprint density at radius 2 is 1.90 bits per heavy atom. The van der Waals surface area contributed by atoms with E-state index in [9.17, 15) is 47.4 Å². The number of carbonyl (C=O) groups is 6. The molecule has 3 aromatic heterocycles. The van der Waals surface area contributed by atoms with E-state index in [0.29, 0.717) is 16.3 Å². The summed E-state index contributed by atoms with van der Waals surface area (Å²) in [6.45, 7) is 1.70. The van der Waals surface area contributed by atoms with E-state index in [4.69, 9.17) is 26.8 Å². The zero-order valence-electron chi connectivity index (χ0n) is 31.6. The number of nitrogens with one attached hydrogen (secondary N) is 2. The van der Waals surface area contributed by atoms with Crippen LogP contribution in [0.4, 0.5) is 5.13 Å². The molecule has 0 unspecified atom stereocenters. The lowest BCUT2D eigenvalue weighted by molar-refractivity contribution is -0.150. The number of fused-ring (bicyclic) bond motifs is 2. The standard InChI is InChI=1S/C33H34N12O12S4/c1-13-7-21(45-33(38-13)41-26(42-45)25(35)48)58-9-14-10-59-29-23(28(50)44(29)24(14)30(51)52)40-27(49)22(17-11-60-32(36)39-17)43-56-12-61(54,55)15-3-5-19(18(46)8-15)57-31(53)16(37-2)4-6-20(34)47/h3,5,7-8,11,16,23,29,37,46H,4,6,9-10,12H2,1-2H3,(H2,34,47)(H2,35,48)(H2,36,39)(H,40,49)(H,51,52)/b43-22-/t16-,23-,29-/m1/s1. The minimum Gasteiger partial charge on any atom is -0.504 e. The number of primary amides is 2. The first-order valence-corrected chi connectivity index (χ1v) is 22.0. The number of carboxylic acids is 1. The Balaban J connectivity index is 1.13. The van der Waals surface area contributed by atoms with E-state index in [2.05, 4.69) is 35.8 Å². The van der Waals surface area contributed by atoms with Gasteiger partial charge in [0.05, 0.1) is 4.90 Å². The first kappa shape index (κ1) is 44.2. The van der Waals surface area contributed by atoms with Crippen LogP contribution in [0.5, 0.6) is 11.5 Å². The summed E-state index contributed by atoms with van der Waals surface area (Å²) in [5, 5.41) is 34.6. The Labute approximate surface area is 356 Å². The van der Waals surface area contributed by atoms with Crippen LogP contribution in [0, 0.1) is 6.92 Å². The number of carbonyl (C=O) groups excluding carboxylic acids is 5. The number of benzene rings is 1. The highest BCUT2D eigenvalue weighted by molar-refractivity contribution is 8.01. The van der Waals surface area contributed by atoms with Crippen molar-refractivity contribution in [3.05, 3.63) is 58.1 Å². The van der Waals surface area contributed by atoms with E-state index in [1.165, 1.54) is 40.5 Å². The number of rotatable bonds is 18. The fourth-order valence-corrected chi connectivity index (χ4v) is 9.76. The third-order valence-electron chi connectivity index (χ3n) is 8.71. The van der Waals surface area contributed by atoms with Crippen LogP contribution in [-0.2, 0) is 38.6 Å². The maximum atomic E-state index is 13.6. The topological polar surface area (TPSA) is 369 Å².